The molecule has 0 bridgehead atoms. The Morgan fingerprint density at radius 1 is 1.20 bits per heavy atom. The van der Waals surface area contributed by atoms with E-state index in [2.05, 4.69) is 5.32 Å². The minimum atomic E-state index is -0.778. The Bertz CT molecular complexity index is 474. The van der Waals surface area contributed by atoms with Gasteiger partial charge in [-0.2, -0.15) is 0 Å². The van der Waals surface area contributed by atoms with Crippen molar-refractivity contribution in [3.63, 3.8) is 0 Å². The maximum atomic E-state index is 12.9. The van der Waals surface area contributed by atoms with Crippen molar-refractivity contribution in [3.8, 4) is 0 Å². The van der Waals surface area contributed by atoms with Crippen LogP contribution in [0.3, 0.4) is 0 Å². The fourth-order valence-corrected chi connectivity index (χ4v) is 1.55. The molecule has 0 saturated heterocycles. The first-order valence-corrected chi connectivity index (χ1v) is 6.00. The van der Waals surface area contributed by atoms with Gasteiger partial charge in [0, 0.05) is 11.8 Å². The van der Waals surface area contributed by atoms with Crippen molar-refractivity contribution in [1.29, 1.82) is 0 Å². The highest BCUT2D eigenvalue weighted by molar-refractivity contribution is 5.92. The lowest BCUT2D eigenvalue weighted by molar-refractivity contribution is -0.144. The van der Waals surface area contributed by atoms with E-state index in [4.69, 9.17) is 4.74 Å². The van der Waals surface area contributed by atoms with Crippen LogP contribution in [-0.4, -0.2) is 43.5 Å². The molecule has 5 nitrogen and oxygen atoms in total. The smallest absolute Gasteiger partial charge is 0.320 e. The van der Waals surface area contributed by atoms with Crippen LogP contribution in [0.2, 0.25) is 0 Å². The van der Waals surface area contributed by atoms with Gasteiger partial charge in [-0.1, -0.05) is 0 Å². The number of halogens is 2. The highest BCUT2D eigenvalue weighted by atomic mass is 19.1. The second kappa shape index (κ2) is 7.54. The molecule has 0 radical (unpaired) electrons. The molecule has 1 aromatic rings. The van der Waals surface area contributed by atoms with Gasteiger partial charge in [-0.05, 0) is 26.1 Å². The summed E-state index contributed by atoms with van der Waals surface area (Å²) in [6.07, 6.45) is 0. The number of nitrogens with one attached hydrogen (secondary N) is 1. The number of ether oxygens (including phenoxy) is 1. The lowest BCUT2D eigenvalue weighted by atomic mass is 10.3. The average Bonchev–Trinajstić information content (AvgIpc) is 2.26. The fraction of sp³-hybridized carbons (Fsp3) is 0.385. The number of esters is 1. The number of rotatable bonds is 6. The number of carbonyl (C=O) groups excluding carboxylic acids is 2. The first-order chi connectivity index (χ1) is 9.40. The number of amides is 1. The highest BCUT2D eigenvalue weighted by Gasteiger charge is 2.12. The molecule has 0 aromatic heterocycles. The Morgan fingerprint density at radius 3 is 2.35 bits per heavy atom. The van der Waals surface area contributed by atoms with Gasteiger partial charge in [0.1, 0.15) is 11.6 Å². The normalized spacial score (nSPS) is 10.4. The van der Waals surface area contributed by atoms with Crippen LogP contribution in [0.4, 0.5) is 14.5 Å². The molecule has 1 rings (SSSR count). The molecule has 0 saturated carbocycles. The molecule has 0 spiro atoms. The van der Waals surface area contributed by atoms with E-state index in [1.165, 1.54) is 4.90 Å². The number of likely N-dealkylation sites (N-methyl/N-ethyl adjacent to an activating group) is 1. The summed E-state index contributed by atoms with van der Waals surface area (Å²) in [7, 11) is 1.56. The number of anilines is 1. The first kappa shape index (κ1) is 16.0. The average molecular weight is 286 g/mol. The summed E-state index contributed by atoms with van der Waals surface area (Å²) in [6, 6.07) is 2.72. The van der Waals surface area contributed by atoms with Crippen LogP contribution in [0.1, 0.15) is 6.92 Å². The van der Waals surface area contributed by atoms with E-state index >= 15 is 0 Å². The molecular formula is C13H16F2N2O3. The maximum absolute atomic E-state index is 12.9. The van der Waals surface area contributed by atoms with E-state index in [0.717, 1.165) is 12.1 Å². The van der Waals surface area contributed by atoms with Crippen LogP contribution in [0.5, 0.6) is 0 Å². The molecule has 0 aliphatic rings. The fourth-order valence-electron chi connectivity index (χ4n) is 1.55. The van der Waals surface area contributed by atoms with Gasteiger partial charge in [0.2, 0.25) is 5.91 Å². The Hall–Kier alpha value is -2.02. The van der Waals surface area contributed by atoms with Gasteiger partial charge in [0.15, 0.2) is 0 Å². The standard InChI is InChI=1S/C13H16F2N2O3/c1-3-20-13(19)8-17(2)7-12(18)16-11-5-9(14)4-10(15)6-11/h4-6H,3,7-8H2,1-2H3,(H,16,18). The number of benzene rings is 1. The number of hydrogen-bond donors (Lipinski definition) is 1. The van der Waals surface area contributed by atoms with Crippen molar-refractivity contribution >= 4 is 17.6 Å². The van der Waals surface area contributed by atoms with Gasteiger partial charge in [0.05, 0.1) is 19.7 Å². The van der Waals surface area contributed by atoms with Gasteiger partial charge in [0.25, 0.3) is 0 Å². The third kappa shape index (κ3) is 5.75. The number of nitrogens with zero attached hydrogens (tertiary/aromatic N) is 1. The van der Waals surface area contributed by atoms with Crippen LogP contribution in [0.25, 0.3) is 0 Å². The van der Waals surface area contributed by atoms with E-state index in [1.54, 1.807) is 14.0 Å². The zero-order valence-electron chi connectivity index (χ0n) is 11.3. The molecule has 7 heteroatoms. The maximum Gasteiger partial charge on any atom is 0.320 e. The van der Waals surface area contributed by atoms with Crippen molar-refractivity contribution in [2.45, 2.75) is 6.92 Å². The van der Waals surface area contributed by atoms with Gasteiger partial charge in [-0.25, -0.2) is 8.78 Å². The van der Waals surface area contributed by atoms with Gasteiger partial charge >= 0.3 is 5.97 Å². The largest absolute Gasteiger partial charge is 0.465 e. The van der Waals surface area contributed by atoms with Crippen LogP contribution in [0.15, 0.2) is 18.2 Å². The van der Waals surface area contributed by atoms with E-state index in [1.807, 2.05) is 0 Å². The predicted octanol–water partition coefficient (Wildman–Crippen LogP) is 1.40. The second-order valence-corrected chi connectivity index (χ2v) is 4.18. The topological polar surface area (TPSA) is 58.6 Å². The quantitative estimate of drug-likeness (QED) is 0.803. The lowest BCUT2D eigenvalue weighted by Gasteiger charge is -2.15. The molecule has 0 unspecified atom stereocenters. The summed E-state index contributed by atoms with van der Waals surface area (Å²) in [5, 5.41) is 2.35. The second-order valence-electron chi connectivity index (χ2n) is 4.18. The molecule has 0 aliphatic heterocycles. The number of carbonyl (C=O) groups is 2. The minimum Gasteiger partial charge on any atom is -0.465 e. The molecule has 0 atom stereocenters. The predicted molar refractivity (Wildman–Crippen MR) is 69.1 cm³/mol. The summed E-state index contributed by atoms with van der Waals surface area (Å²) >= 11 is 0. The molecule has 110 valence electrons. The molecule has 1 aromatic carbocycles. The van der Waals surface area contributed by atoms with Gasteiger partial charge in [-0.15, -0.1) is 0 Å². The van der Waals surface area contributed by atoms with E-state index in [9.17, 15) is 18.4 Å². The van der Waals surface area contributed by atoms with Crippen molar-refractivity contribution < 1.29 is 23.1 Å². The molecule has 1 amide bonds. The molecule has 0 aliphatic carbocycles. The van der Waals surface area contributed by atoms with Crippen molar-refractivity contribution in [1.82, 2.24) is 4.90 Å². The monoisotopic (exact) mass is 286 g/mol. The molecule has 0 heterocycles. The molecule has 0 fully saturated rings. The number of hydrogen-bond acceptors (Lipinski definition) is 4. The lowest BCUT2D eigenvalue weighted by Crippen LogP contribution is -2.34. The molecular weight excluding hydrogens is 270 g/mol. The van der Waals surface area contributed by atoms with E-state index < -0.39 is 23.5 Å². The first-order valence-electron chi connectivity index (χ1n) is 6.00. The third-order valence-electron chi connectivity index (χ3n) is 2.26. The Morgan fingerprint density at radius 2 is 1.80 bits per heavy atom. The molecule has 20 heavy (non-hydrogen) atoms. The summed E-state index contributed by atoms with van der Waals surface area (Å²) in [4.78, 5) is 24.3. The zero-order chi connectivity index (χ0) is 15.1. The van der Waals surface area contributed by atoms with Crippen LogP contribution in [0, 0.1) is 11.6 Å². The zero-order valence-corrected chi connectivity index (χ0v) is 11.3. The Balaban J connectivity index is 2.48. The van der Waals surface area contributed by atoms with Crippen LogP contribution < -0.4 is 5.32 Å². The molecule has 1 N–H and O–H groups in total. The van der Waals surface area contributed by atoms with E-state index in [-0.39, 0.29) is 25.4 Å². The van der Waals surface area contributed by atoms with Crippen LogP contribution in [-0.2, 0) is 14.3 Å². The van der Waals surface area contributed by atoms with Gasteiger partial charge in [-0.3, -0.25) is 14.5 Å². The van der Waals surface area contributed by atoms with Crippen molar-refractivity contribution in [2.24, 2.45) is 0 Å². The van der Waals surface area contributed by atoms with E-state index in [0.29, 0.717) is 6.07 Å². The Kier molecular flexibility index (Phi) is 6.05. The van der Waals surface area contributed by atoms with Crippen molar-refractivity contribution in [3.05, 3.63) is 29.8 Å². The third-order valence-corrected chi connectivity index (χ3v) is 2.26. The SMILES string of the molecule is CCOC(=O)CN(C)CC(=O)Nc1cc(F)cc(F)c1. The highest BCUT2D eigenvalue weighted by Crippen LogP contribution is 2.12. The van der Waals surface area contributed by atoms with Crippen molar-refractivity contribution in [2.75, 3.05) is 32.1 Å². The van der Waals surface area contributed by atoms with Gasteiger partial charge < -0.3 is 10.1 Å². The Labute approximate surface area is 115 Å². The summed E-state index contributed by atoms with van der Waals surface area (Å²) in [5.74, 6) is -2.48. The summed E-state index contributed by atoms with van der Waals surface area (Å²) < 4.78 is 30.6. The van der Waals surface area contributed by atoms with Crippen LogP contribution >= 0.6 is 0 Å². The summed E-state index contributed by atoms with van der Waals surface area (Å²) in [6.45, 7) is 1.81. The summed E-state index contributed by atoms with van der Waals surface area (Å²) in [5.41, 5.74) is 0.0250. The minimum absolute atomic E-state index is 0.0250.